The lowest BCUT2D eigenvalue weighted by Crippen LogP contribution is -2.34. The number of hydrogen-bond acceptors (Lipinski definition) is 2. The predicted octanol–water partition coefficient (Wildman–Crippen LogP) is 4.34. The third-order valence-corrected chi connectivity index (χ3v) is 4.44. The molecule has 1 aromatic carbocycles. The van der Waals surface area contributed by atoms with Crippen LogP contribution in [0.2, 0.25) is 5.02 Å². The SMILES string of the molecule is NNC(c1cc(F)ccc1Cl)C1CCCCCCC1. The van der Waals surface area contributed by atoms with E-state index >= 15 is 0 Å². The van der Waals surface area contributed by atoms with Crippen molar-refractivity contribution in [2.75, 3.05) is 0 Å². The van der Waals surface area contributed by atoms with Gasteiger partial charge in [-0.05, 0) is 42.5 Å². The Hall–Kier alpha value is -0.640. The van der Waals surface area contributed by atoms with Crippen molar-refractivity contribution < 1.29 is 4.39 Å². The van der Waals surface area contributed by atoms with Crippen LogP contribution in [-0.4, -0.2) is 0 Å². The van der Waals surface area contributed by atoms with Gasteiger partial charge in [0.2, 0.25) is 0 Å². The minimum Gasteiger partial charge on any atom is -0.271 e. The van der Waals surface area contributed by atoms with Crippen LogP contribution in [0.5, 0.6) is 0 Å². The molecule has 1 aliphatic carbocycles. The molecule has 0 heterocycles. The minimum atomic E-state index is -0.259. The average Bonchev–Trinajstić information content (AvgIpc) is 2.36. The van der Waals surface area contributed by atoms with Crippen molar-refractivity contribution in [1.29, 1.82) is 0 Å². The maximum absolute atomic E-state index is 13.4. The summed E-state index contributed by atoms with van der Waals surface area (Å²) in [7, 11) is 0. The summed E-state index contributed by atoms with van der Waals surface area (Å²) >= 11 is 6.20. The lowest BCUT2D eigenvalue weighted by Gasteiger charge is -2.29. The van der Waals surface area contributed by atoms with Crippen molar-refractivity contribution >= 4 is 11.6 Å². The van der Waals surface area contributed by atoms with Crippen LogP contribution in [0.3, 0.4) is 0 Å². The van der Waals surface area contributed by atoms with E-state index in [0.717, 1.165) is 18.4 Å². The molecule has 0 saturated heterocycles. The smallest absolute Gasteiger partial charge is 0.123 e. The zero-order valence-electron chi connectivity index (χ0n) is 11.2. The van der Waals surface area contributed by atoms with Gasteiger partial charge in [0.15, 0.2) is 0 Å². The van der Waals surface area contributed by atoms with Gasteiger partial charge < -0.3 is 0 Å². The monoisotopic (exact) mass is 284 g/mol. The molecule has 19 heavy (non-hydrogen) atoms. The van der Waals surface area contributed by atoms with E-state index in [-0.39, 0.29) is 11.9 Å². The average molecular weight is 285 g/mol. The van der Waals surface area contributed by atoms with Crippen LogP contribution >= 0.6 is 11.6 Å². The second kappa shape index (κ2) is 7.22. The molecule has 1 fully saturated rings. The largest absolute Gasteiger partial charge is 0.271 e. The number of benzene rings is 1. The van der Waals surface area contributed by atoms with Gasteiger partial charge in [-0.3, -0.25) is 11.3 Å². The van der Waals surface area contributed by atoms with Crippen molar-refractivity contribution in [1.82, 2.24) is 5.43 Å². The molecule has 2 rings (SSSR count). The minimum absolute atomic E-state index is 0.0544. The fourth-order valence-corrected chi connectivity index (χ4v) is 3.29. The van der Waals surface area contributed by atoms with Gasteiger partial charge >= 0.3 is 0 Å². The third kappa shape index (κ3) is 3.91. The molecule has 1 atom stereocenters. The van der Waals surface area contributed by atoms with E-state index < -0.39 is 0 Å². The van der Waals surface area contributed by atoms with Crippen LogP contribution in [0.25, 0.3) is 0 Å². The highest BCUT2D eigenvalue weighted by Crippen LogP contribution is 2.35. The summed E-state index contributed by atoms with van der Waals surface area (Å²) < 4.78 is 13.4. The van der Waals surface area contributed by atoms with Crippen molar-refractivity contribution in [3.8, 4) is 0 Å². The van der Waals surface area contributed by atoms with Crippen LogP contribution < -0.4 is 11.3 Å². The number of rotatable bonds is 3. The van der Waals surface area contributed by atoms with E-state index in [2.05, 4.69) is 5.43 Å². The number of nitrogens with one attached hydrogen (secondary N) is 1. The summed E-state index contributed by atoms with van der Waals surface area (Å²) in [4.78, 5) is 0. The number of halogens is 2. The van der Waals surface area contributed by atoms with Gasteiger partial charge in [-0.2, -0.15) is 0 Å². The lowest BCUT2D eigenvalue weighted by molar-refractivity contribution is 0.290. The van der Waals surface area contributed by atoms with Crippen molar-refractivity contribution in [2.45, 2.75) is 51.0 Å². The molecule has 4 heteroatoms. The number of hydrazine groups is 1. The van der Waals surface area contributed by atoms with Crippen molar-refractivity contribution in [2.24, 2.45) is 11.8 Å². The maximum Gasteiger partial charge on any atom is 0.123 e. The van der Waals surface area contributed by atoms with Gasteiger partial charge in [-0.1, -0.05) is 43.7 Å². The second-order valence-electron chi connectivity index (χ2n) is 5.42. The molecule has 1 aromatic rings. The maximum atomic E-state index is 13.4. The molecular weight excluding hydrogens is 263 g/mol. The van der Waals surface area contributed by atoms with E-state index in [1.807, 2.05) is 0 Å². The Kier molecular flexibility index (Phi) is 5.61. The van der Waals surface area contributed by atoms with Gasteiger partial charge in [0, 0.05) is 5.02 Å². The summed E-state index contributed by atoms with van der Waals surface area (Å²) in [5, 5.41) is 0.589. The first-order valence-corrected chi connectivity index (χ1v) is 7.51. The molecule has 1 saturated carbocycles. The van der Waals surface area contributed by atoms with E-state index in [1.54, 1.807) is 6.07 Å². The molecule has 0 radical (unpaired) electrons. The Morgan fingerprint density at radius 1 is 1.16 bits per heavy atom. The highest BCUT2D eigenvalue weighted by Gasteiger charge is 2.24. The van der Waals surface area contributed by atoms with Gasteiger partial charge in [-0.25, -0.2) is 4.39 Å². The first-order valence-electron chi connectivity index (χ1n) is 7.13. The standard InChI is InChI=1S/C15H22ClFN2/c16-14-9-8-12(17)10-13(14)15(19-18)11-6-4-2-1-3-5-7-11/h8-11,15,19H,1-7,18H2. The summed E-state index contributed by atoms with van der Waals surface area (Å²) in [6.07, 6.45) is 8.58. The van der Waals surface area contributed by atoms with Gasteiger partial charge in [0.05, 0.1) is 6.04 Å². The number of nitrogens with two attached hydrogens (primary N) is 1. The Morgan fingerprint density at radius 2 is 1.79 bits per heavy atom. The van der Waals surface area contributed by atoms with E-state index in [0.29, 0.717) is 10.9 Å². The van der Waals surface area contributed by atoms with Gasteiger partial charge in [0.1, 0.15) is 5.82 Å². The normalized spacial score (nSPS) is 19.7. The molecule has 1 aliphatic rings. The summed E-state index contributed by atoms with van der Waals surface area (Å²) in [5.41, 5.74) is 3.64. The number of hydrogen-bond donors (Lipinski definition) is 2. The Balaban J connectivity index is 2.19. The highest BCUT2D eigenvalue weighted by molar-refractivity contribution is 6.31. The first-order chi connectivity index (χ1) is 9.22. The fourth-order valence-electron chi connectivity index (χ4n) is 3.05. The lowest BCUT2D eigenvalue weighted by atomic mass is 9.83. The zero-order valence-corrected chi connectivity index (χ0v) is 11.9. The van der Waals surface area contributed by atoms with Crippen molar-refractivity contribution in [3.05, 3.63) is 34.6 Å². The van der Waals surface area contributed by atoms with E-state index in [4.69, 9.17) is 17.4 Å². The van der Waals surface area contributed by atoms with Crippen LogP contribution in [0, 0.1) is 11.7 Å². The molecular formula is C15H22ClFN2. The predicted molar refractivity (Wildman–Crippen MR) is 77.3 cm³/mol. The van der Waals surface area contributed by atoms with Gasteiger partial charge in [-0.15, -0.1) is 0 Å². The molecule has 0 aliphatic heterocycles. The molecule has 0 amide bonds. The van der Waals surface area contributed by atoms with Crippen LogP contribution in [0.15, 0.2) is 18.2 Å². The molecule has 0 spiro atoms. The van der Waals surface area contributed by atoms with E-state index in [1.165, 1.54) is 44.2 Å². The fraction of sp³-hybridized carbons (Fsp3) is 0.600. The Labute approximate surface area is 119 Å². The van der Waals surface area contributed by atoms with Gasteiger partial charge in [0.25, 0.3) is 0 Å². The topological polar surface area (TPSA) is 38.0 Å². The molecule has 3 N–H and O–H groups in total. The highest BCUT2D eigenvalue weighted by atomic mass is 35.5. The Morgan fingerprint density at radius 3 is 2.42 bits per heavy atom. The zero-order chi connectivity index (χ0) is 13.7. The summed E-state index contributed by atoms with van der Waals surface area (Å²) in [6.45, 7) is 0. The first kappa shape index (κ1) is 14.8. The summed E-state index contributed by atoms with van der Waals surface area (Å²) in [6, 6.07) is 4.45. The van der Waals surface area contributed by atoms with E-state index in [9.17, 15) is 4.39 Å². The summed E-state index contributed by atoms with van der Waals surface area (Å²) in [5.74, 6) is 5.89. The quantitative estimate of drug-likeness (QED) is 0.640. The second-order valence-corrected chi connectivity index (χ2v) is 5.82. The molecule has 1 unspecified atom stereocenters. The van der Waals surface area contributed by atoms with Crippen LogP contribution in [0.1, 0.15) is 56.6 Å². The molecule has 106 valence electrons. The third-order valence-electron chi connectivity index (χ3n) is 4.09. The van der Waals surface area contributed by atoms with Crippen LogP contribution in [0.4, 0.5) is 4.39 Å². The molecule has 0 bridgehead atoms. The van der Waals surface area contributed by atoms with Crippen molar-refractivity contribution in [3.63, 3.8) is 0 Å². The molecule has 0 aromatic heterocycles. The Bertz CT molecular complexity index is 403. The molecule has 2 nitrogen and oxygen atoms in total. The van der Waals surface area contributed by atoms with Crippen LogP contribution in [-0.2, 0) is 0 Å².